The first-order chi connectivity index (χ1) is 60.3. The summed E-state index contributed by atoms with van der Waals surface area (Å²) in [5, 5.41) is 28.2. The molecule has 0 spiro atoms. The Bertz CT molecular complexity index is 5210. The molecule has 13 heterocycles. The molecule has 5 fully saturated rings. The number of piperidine rings is 4. The SMILES string of the molecule is CCCN1Cc2[nH]nc(C(=O)N3CCC(c4ccc(F)c(F)c4C(F)(F)F)CC3)c2C1.CCCN1Cc2[nH]nc(C(=O)N3CCC(c4ccc(F)c(F)c4C(F)(F)F)CC3)c2C1.CCN1Cc2[nH]nc(C(=O)N3CCC(c4ccc(F)c(F)c4C(F)(F)F)CC3)c2C1.O=C(c1n[nH]c2c1CN(C(=O)N1CCCC1)C2)N1CCC(c2ccc(F)c(F)c2C(F)(F)F)CC1. The van der Waals surface area contributed by atoms with E-state index in [0.717, 1.165) is 135 Å². The molecule has 8 aromatic rings. The molecule has 4 aromatic heterocycles. The molecule has 0 saturated carbocycles. The zero-order valence-corrected chi connectivity index (χ0v) is 69.2. The van der Waals surface area contributed by atoms with Gasteiger partial charge in [0.05, 0.1) is 58.1 Å². The van der Waals surface area contributed by atoms with Crippen LogP contribution in [-0.4, -0.2) is 200 Å². The molecule has 42 heteroatoms. The number of carbonyl (C=O) groups excluding carboxylic acids is 5. The van der Waals surface area contributed by atoms with E-state index in [4.69, 9.17) is 0 Å². The molecule has 0 radical (unpaired) electrons. The summed E-state index contributed by atoms with van der Waals surface area (Å²) in [7, 11) is 0. The van der Waals surface area contributed by atoms with Crippen LogP contribution in [0.2, 0.25) is 0 Å². The molecule has 686 valence electrons. The topological polar surface area (TPSA) is 229 Å². The molecule has 9 aliphatic rings. The number of alkyl halides is 12. The van der Waals surface area contributed by atoms with E-state index in [1.807, 2.05) is 6.92 Å². The number of likely N-dealkylation sites (tertiary alicyclic amines) is 5. The van der Waals surface area contributed by atoms with Crippen LogP contribution in [-0.2, 0) is 77.1 Å². The van der Waals surface area contributed by atoms with Gasteiger partial charge < -0.3 is 29.4 Å². The van der Waals surface area contributed by atoms with Crippen LogP contribution >= 0.6 is 0 Å². The van der Waals surface area contributed by atoms with Gasteiger partial charge in [0.15, 0.2) is 69.3 Å². The number of aromatic nitrogens is 8. The van der Waals surface area contributed by atoms with Gasteiger partial charge in [0.2, 0.25) is 0 Å². The quantitative estimate of drug-likeness (QED) is 0.0790. The van der Waals surface area contributed by atoms with Crippen molar-refractivity contribution in [3.63, 3.8) is 0 Å². The fourth-order valence-electron chi connectivity index (χ4n) is 18.8. The van der Waals surface area contributed by atoms with Crippen molar-refractivity contribution < 1.29 is 112 Å². The molecule has 0 aliphatic carbocycles. The summed E-state index contributed by atoms with van der Waals surface area (Å²) in [6.45, 7) is 16.6. The number of urea groups is 1. The van der Waals surface area contributed by atoms with Gasteiger partial charge in [-0.3, -0.25) is 54.3 Å². The van der Waals surface area contributed by atoms with Gasteiger partial charge in [-0.2, -0.15) is 73.1 Å². The third-order valence-electron chi connectivity index (χ3n) is 25.3. The highest BCUT2D eigenvalue weighted by Gasteiger charge is 2.48. The van der Waals surface area contributed by atoms with Crippen LogP contribution in [0.4, 0.5) is 92.6 Å². The smallest absolute Gasteiger partial charge is 0.337 e. The number of amides is 6. The van der Waals surface area contributed by atoms with Crippen LogP contribution in [0.25, 0.3) is 0 Å². The number of halogens is 20. The van der Waals surface area contributed by atoms with Gasteiger partial charge in [0, 0.05) is 127 Å². The molecule has 127 heavy (non-hydrogen) atoms. The molecule has 0 bridgehead atoms. The summed E-state index contributed by atoms with van der Waals surface area (Å²) in [4.78, 5) is 81.0. The predicted octanol–water partition coefficient (Wildman–Crippen LogP) is 17.2. The fraction of sp³-hybridized carbons (Fsp3) is 0.518. The lowest BCUT2D eigenvalue weighted by molar-refractivity contribution is -0.142. The van der Waals surface area contributed by atoms with Crippen molar-refractivity contribution in [3.05, 3.63) is 207 Å². The maximum absolute atomic E-state index is 14.0. The fourth-order valence-corrected chi connectivity index (χ4v) is 18.8. The number of H-pyrrole nitrogens is 4. The number of hydrogen-bond donors (Lipinski definition) is 4. The Morgan fingerprint density at radius 2 is 0.559 bits per heavy atom. The summed E-state index contributed by atoms with van der Waals surface area (Å²) < 4.78 is 270. The second kappa shape index (κ2) is 37.6. The van der Waals surface area contributed by atoms with E-state index in [0.29, 0.717) is 80.2 Å². The maximum Gasteiger partial charge on any atom is 0.419 e. The third-order valence-corrected chi connectivity index (χ3v) is 25.3. The number of aromatic amines is 4. The minimum absolute atomic E-state index is 0.0710. The highest BCUT2D eigenvalue weighted by molar-refractivity contribution is 5.96. The molecule has 4 aromatic carbocycles. The van der Waals surface area contributed by atoms with Gasteiger partial charge in [-0.05, 0) is 167 Å². The lowest BCUT2D eigenvalue weighted by Crippen LogP contribution is -2.40. The van der Waals surface area contributed by atoms with E-state index >= 15 is 0 Å². The van der Waals surface area contributed by atoms with Gasteiger partial charge in [0.1, 0.15) is 0 Å². The van der Waals surface area contributed by atoms with Crippen molar-refractivity contribution in [2.24, 2.45) is 0 Å². The predicted molar refractivity (Wildman–Crippen MR) is 415 cm³/mol. The van der Waals surface area contributed by atoms with Crippen molar-refractivity contribution in [1.82, 2.24) is 84.9 Å². The van der Waals surface area contributed by atoms with E-state index in [-0.39, 0.29) is 168 Å². The zero-order valence-electron chi connectivity index (χ0n) is 69.2. The van der Waals surface area contributed by atoms with E-state index in [9.17, 15) is 112 Å². The lowest BCUT2D eigenvalue weighted by atomic mass is 9.86. The van der Waals surface area contributed by atoms with Gasteiger partial charge in [-0.15, -0.1) is 0 Å². The van der Waals surface area contributed by atoms with E-state index in [2.05, 4.69) is 69.3 Å². The Balaban J connectivity index is 0.000000137. The van der Waals surface area contributed by atoms with Gasteiger partial charge in [-0.1, -0.05) is 45.0 Å². The van der Waals surface area contributed by atoms with Crippen LogP contribution in [0.1, 0.15) is 253 Å². The molecule has 22 nitrogen and oxygen atoms in total. The Kier molecular flexibility index (Phi) is 27.4. The Morgan fingerprint density at radius 1 is 0.315 bits per heavy atom. The molecule has 17 rings (SSSR count). The first-order valence-electron chi connectivity index (χ1n) is 42.1. The first-order valence-corrected chi connectivity index (χ1v) is 42.1. The van der Waals surface area contributed by atoms with Crippen LogP contribution in [0.3, 0.4) is 0 Å². The molecule has 0 unspecified atom stereocenters. The van der Waals surface area contributed by atoms with Crippen molar-refractivity contribution >= 4 is 29.7 Å². The number of rotatable bonds is 13. The highest BCUT2D eigenvalue weighted by atomic mass is 19.4. The van der Waals surface area contributed by atoms with Crippen molar-refractivity contribution in [3.8, 4) is 0 Å². The Hall–Kier alpha value is -10.7. The molecule has 6 amide bonds. The van der Waals surface area contributed by atoms with E-state index in [1.165, 1.54) is 4.90 Å². The van der Waals surface area contributed by atoms with Crippen LogP contribution < -0.4 is 0 Å². The first kappa shape index (κ1) is 92.5. The summed E-state index contributed by atoms with van der Waals surface area (Å²) in [5.41, 5.74) is 0.731. The number of nitrogens with zero attached hydrogens (tertiary/aromatic N) is 13. The van der Waals surface area contributed by atoms with Crippen LogP contribution in [0.5, 0.6) is 0 Å². The molecule has 0 atom stereocenters. The number of hydrogen-bond acceptors (Lipinski definition) is 12. The average Bonchev–Trinajstić information content (AvgIpc) is 1.79. The maximum atomic E-state index is 14.0. The van der Waals surface area contributed by atoms with Crippen LogP contribution in [0, 0.1) is 46.5 Å². The largest absolute Gasteiger partial charge is 0.419 e. The monoisotopic (exact) mass is 1810 g/mol. The number of benzene rings is 4. The summed E-state index contributed by atoms with van der Waals surface area (Å²) in [6.07, 6.45) is -14.3. The van der Waals surface area contributed by atoms with Gasteiger partial charge >= 0.3 is 30.7 Å². The molecule has 4 N–H and O–H groups in total. The number of fused-ring (bicyclic) bond motifs is 4. The standard InChI is InChI=1S/C23H24F5N5O2.2C21H23F5N4O.C20H21F5N4O/c24-16-4-3-14(18(19(16)25)23(26,27)28)13-5-9-31(10-6-13)21(34)20-15-11-33(12-17(15)29-30-20)22(35)32-7-1-2-8-32;2*1-2-7-29-10-14-16(11-29)27-28-19(14)20(31)30-8-5-12(6-9-30)13-3-4-15(22)18(23)17(13)21(24,25)26;1-2-28-9-13-15(10-28)26-27-18(13)19(30)29-7-5-11(6-8-29)12-3-4-14(21)17(22)16(12)20(23,24)25/h3-4,13H,1-2,5-12H2,(H,29,30);2*3-4,12H,2,5-11H2,1H3,(H,27,28);3-4,11H,2,5-10H2,1H3,(H,26,27). The Labute approximate surface area is 714 Å². The third kappa shape index (κ3) is 19.4. The summed E-state index contributed by atoms with van der Waals surface area (Å²) in [5.74, 6) is -17.2. The minimum atomic E-state index is -5.03. The zero-order chi connectivity index (χ0) is 91.2. The second-order valence-corrected chi connectivity index (χ2v) is 33.2. The van der Waals surface area contributed by atoms with Crippen molar-refractivity contribution in [2.45, 2.75) is 199 Å². The lowest BCUT2D eigenvalue weighted by Gasteiger charge is -2.33. The molecule has 5 saturated heterocycles. The van der Waals surface area contributed by atoms with Gasteiger partial charge in [0.25, 0.3) is 23.6 Å². The Morgan fingerprint density at radius 3 is 0.811 bits per heavy atom. The van der Waals surface area contributed by atoms with E-state index < -0.39 is 117 Å². The summed E-state index contributed by atoms with van der Waals surface area (Å²) in [6, 6.07) is 6.82. The summed E-state index contributed by atoms with van der Waals surface area (Å²) >= 11 is 0. The molecular formula is C85H91F20N17O5. The van der Waals surface area contributed by atoms with Crippen LogP contribution in [0.15, 0.2) is 48.5 Å². The number of carbonyl (C=O) groups is 5. The minimum Gasteiger partial charge on any atom is -0.337 e. The van der Waals surface area contributed by atoms with E-state index in [1.54, 1.807) is 24.5 Å². The number of nitrogens with one attached hydrogen (secondary N) is 4. The normalized spacial score (nSPS) is 18.3. The molecule has 9 aliphatic heterocycles. The van der Waals surface area contributed by atoms with Crippen molar-refractivity contribution in [2.75, 3.05) is 85.1 Å². The van der Waals surface area contributed by atoms with Crippen molar-refractivity contribution in [1.29, 1.82) is 0 Å². The highest BCUT2D eigenvalue weighted by Crippen LogP contribution is 2.47. The molecular weight excluding hydrogens is 1720 g/mol. The second-order valence-electron chi connectivity index (χ2n) is 33.2. The average molecular weight is 1810 g/mol. The van der Waals surface area contributed by atoms with Gasteiger partial charge in [-0.25, -0.2) is 39.9 Å².